The van der Waals surface area contributed by atoms with Crippen LogP contribution in [0.4, 0.5) is 11.4 Å². The van der Waals surface area contributed by atoms with Crippen molar-refractivity contribution in [3.05, 3.63) is 33.9 Å². The van der Waals surface area contributed by atoms with Gasteiger partial charge in [-0.25, -0.2) is 0 Å². The van der Waals surface area contributed by atoms with Crippen molar-refractivity contribution in [1.82, 2.24) is 0 Å². The van der Waals surface area contributed by atoms with E-state index in [1.807, 2.05) is 33.8 Å². The number of esters is 1. The average molecular weight is 392 g/mol. The molecule has 0 saturated heterocycles. The van der Waals surface area contributed by atoms with Crippen LogP contribution in [0.15, 0.2) is 18.2 Å². The third kappa shape index (κ3) is 5.01. The molecule has 156 valence electrons. The first-order valence-corrected chi connectivity index (χ1v) is 9.85. The minimum atomic E-state index is -0.649. The largest absolute Gasteiger partial charge is 0.469 e. The summed E-state index contributed by atoms with van der Waals surface area (Å²) in [7, 11) is 1.34. The van der Waals surface area contributed by atoms with Crippen molar-refractivity contribution in [2.45, 2.75) is 76.9 Å². The van der Waals surface area contributed by atoms with Crippen LogP contribution < -0.4 is 4.90 Å². The zero-order valence-electron chi connectivity index (χ0n) is 17.5. The number of carbonyl (C=O) groups is 1. The molecule has 0 atom stereocenters. The molecule has 0 spiro atoms. The number of ether oxygens (including phenoxy) is 1. The molecule has 1 aliphatic rings. The van der Waals surface area contributed by atoms with E-state index in [4.69, 9.17) is 4.74 Å². The van der Waals surface area contributed by atoms with Crippen LogP contribution in [0.3, 0.4) is 0 Å². The van der Waals surface area contributed by atoms with Gasteiger partial charge in [-0.15, -0.1) is 0 Å². The fraction of sp³-hybridized carbons (Fsp3) is 0.667. The van der Waals surface area contributed by atoms with Crippen LogP contribution in [0.1, 0.15) is 65.4 Å². The van der Waals surface area contributed by atoms with E-state index < -0.39 is 11.0 Å². The van der Waals surface area contributed by atoms with Gasteiger partial charge in [0.15, 0.2) is 0 Å². The zero-order chi connectivity index (χ0) is 21.1. The quantitative estimate of drug-likeness (QED) is 0.429. The summed E-state index contributed by atoms with van der Waals surface area (Å²) in [5.41, 5.74) is 0.155. The molecule has 2 rings (SSSR count). The summed E-state index contributed by atoms with van der Waals surface area (Å²) in [6, 6.07) is 5.41. The van der Waals surface area contributed by atoms with Gasteiger partial charge in [0.05, 0.1) is 24.1 Å². The molecule has 0 aromatic heterocycles. The molecule has 0 radical (unpaired) electrons. The molecule has 1 aromatic carbocycles. The number of rotatable bonds is 7. The van der Waals surface area contributed by atoms with Crippen molar-refractivity contribution in [3.63, 3.8) is 0 Å². The summed E-state index contributed by atoms with van der Waals surface area (Å²) in [5.74, 6) is -0.346. The Labute approximate surface area is 166 Å². The molecule has 0 unspecified atom stereocenters. The summed E-state index contributed by atoms with van der Waals surface area (Å²) in [5, 5.41) is 22.0. The maximum Gasteiger partial charge on any atom is 0.306 e. The number of anilines is 1. The van der Waals surface area contributed by atoms with Gasteiger partial charge in [0, 0.05) is 24.1 Å². The number of benzene rings is 1. The van der Waals surface area contributed by atoms with E-state index in [1.54, 1.807) is 12.1 Å². The van der Waals surface area contributed by atoms with Gasteiger partial charge < -0.3 is 14.7 Å². The van der Waals surface area contributed by atoms with Gasteiger partial charge in [0.2, 0.25) is 0 Å². The van der Waals surface area contributed by atoms with Crippen LogP contribution in [-0.2, 0) is 14.9 Å². The van der Waals surface area contributed by atoms with Gasteiger partial charge in [-0.1, -0.05) is 19.9 Å². The van der Waals surface area contributed by atoms with Crippen molar-refractivity contribution in [1.29, 1.82) is 0 Å². The van der Waals surface area contributed by atoms with Crippen molar-refractivity contribution in [3.8, 4) is 0 Å². The standard InChI is InChI=1S/C21H32N2O5/c1-6-22(16-9-11-21(4,25)12-10-16)17-8-7-15(13-18(17)23(26)27)20(2,3)14-19(24)28-5/h7-8,13,16,25H,6,9-12,14H2,1-5H3. The summed E-state index contributed by atoms with van der Waals surface area (Å²) in [4.78, 5) is 25.3. The number of nitro benzene ring substituents is 1. The predicted molar refractivity (Wildman–Crippen MR) is 109 cm³/mol. The van der Waals surface area contributed by atoms with Crippen LogP contribution in [0.5, 0.6) is 0 Å². The Bertz CT molecular complexity index is 720. The fourth-order valence-electron chi connectivity index (χ4n) is 4.03. The second kappa shape index (κ2) is 8.47. The minimum Gasteiger partial charge on any atom is -0.469 e. The van der Waals surface area contributed by atoms with E-state index in [9.17, 15) is 20.0 Å². The SMILES string of the molecule is CCN(c1ccc(C(C)(C)CC(=O)OC)cc1[N+](=O)[O-])C1CCC(C)(O)CC1. The molecule has 28 heavy (non-hydrogen) atoms. The maximum atomic E-state index is 11.8. The Balaban J connectivity index is 2.36. The Morgan fingerprint density at radius 2 is 2.00 bits per heavy atom. The Morgan fingerprint density at radius 3 is 2.50 bits per heavy atom. The third-order valence-electron chi connectivity index (χ3n) is 5.89. The number of nitro groups is 1. The van der Waals surface area contributed by atoms with Crippen LogP contribution in [0.2, 0.25) is 0 Å². The third-order valence-corrected chi connectivity index (χ3v) is 5.89. The van der Waals surface area contributed by atoms with Crippen LogP contribution >= 0.6 is 0 Å². The van der Waals surface area contributed by atoms with Crippen LogP contribution in [0.25, 0.3) is 0 Å². The normalized spacial score (nSPS) is 22.6. The molecule has 7 nitrogen and oxygen atoms in total. The van der Waals surface area contributed by atoms with E-state index in [0.29, 0.717) is 25.1 Å². The Morgan fingerprint density at radius 1 is 1.39 bits per heavy atom. The molecule has 1 fully saturated rings. The highest BCUT2D eigenvalue weighted by atomic mass is 16.6. The van der Waals surface area contributed by atoms with Gasteiger partial charge in [-0.2, -0.15) is 0 Å². The lowest BCUT2D eigenvalue weighted by atomic mass is 9.80. The molecule has 0 heterocycles. The first-order valence-electron chi connectivity index (χ1n) is 9.85. The summed E-state index contributed by atoms with van der Waals surface area (Å²) >= 11 is 0. The highest BCUT2D eigenvalue weighted by Crippen LogP contribution is 2.39. The van der Waals surface area contributed by atoms with Crippen molar-refractivity contribution in [2.24, 2.45) is 0 Å². The number of hydrogen-bond acceptors (Lipinski definition) is 6. The van der Waals surface area contributed by atoms with Gasteiger partial charge in [0.1, 0.15) is 5.69 Å². The molecule has 0 bridgehead atoms. The topological polar surface area (TPSA) is 92.9 Å². The smallest absolute Gasteiger partial charge is 0.306 e. The van der Waals surface area contributed by atoms with E-state index in [0.717, 1.165) is 18.4 Å². The van der Waals surface area contributed by atoms with Crippen molar-refractivity contribution < 1.29 is 19.6 Å². The first-order chi connectivity index (χ1) is 13.0. The molecule has 1 aromatic rings. The van der Waals surface area contributed by atoms with E-state index in [1.165, 1.54) is 7.11 Å². The number of methoxy groups -OCH3 is 1. The van der Waals surface area contributed by atoms with Gasteiger partial charge in [0.25, 0.3) is 5.69 Å². The molecular formula is C21H32N2O5. The summed E-state index contributed by atoms with van der Waals surface area (Å²) in [6.45, 7) is 8.25. The minimum absolute atomic E-state index is 0.0506. The fourth-order valence-corrected chi connectivity index (χ4v) is 4.03. The van der Waals surface area contributed by atoms with Crippen LogP contribution in [-0.4, -0.2) is 41.3 Å². The maximum absolute atomic E-state index is 11.8. The average Bonchev–Trinajstić information content (AvgIpc) is 2.63. The number of hydrogen-bond donors (Lipinski definition) is 1. The van der Waals surface area contributed by atoms with Gasteiger partial charge in [-0.3, -0.25) is 14.9 Å². The molecule has 7 heteroatoms. The first kappa shape index (κ1) is 22.1. The molecular weight excluding hydrogens is 360 g/mol. The molecule has 1 aliphatic carbocycles. The highest BCUT2D eigenvalue weighted by Gasteiger charge is 2.34. The molecule has 1 saturated carbocycles. The lowest BCUT2D eigenvalue weighted by molar-refractivity contribution is -0.384. The summed E-state index contributed by atoms with van der Waals surface area (Å²) in [6.07, 6.45) is 3.12. The number of aliphatic hydroxyl groups is 1. The lowest BCUT2D eigenvalue weighted by Gasteiger charge is -2.40. The monoisotopic (exact) mass is 392 g/mol. The predicted octanol–water partition coefficient (Wildman–Crippen LogP) is 3.96. The van der Waals surface area contributed by atoms with E-state index >= 15 is 0 Å². The van der Waals surface area contributed by atoms with Crippen molar-refractivity contribution >= 4 is 17.3 Å². The highest BCUT2D eigenvalue weighted by molar-refractivity contribution is 5.72. The van der Waals surface area contributed by atoms with Crippen LogP contribution in [0, 0.1) is 10.1 Å². The Kier molecular flexibility index (Phi) is 6.70. The van der Waals surface area contributed by atoms with E-state index in [2.05, 4.69) is 4.90 Å². The molecule has 0 aliphatic heterocycles. The second-order valence-corrected chi connectivity index (χ2v) is 8.61. The second-order valence-electron chi connectivity index (χ2n) is 8.61. The zero-order valence-corrected chi connectivity index (χ0v) is 17.5. The molecule has 0 amide bonds. The van der Waals surface area contributed by atoms with E-state index in [-0.39, 0.29) is 29.0 Å². The van der Waals surface area contributed by atoms with Crippen molar-refractivity contribution in [2.75, 3.05) is 18.6 Å². The molecule has 1 N–H and O–H groups in total. The van der Waals surface area contributed by atoms with Gasteiger partial charge >= 0.3 is 5.97 Å². The van der Waals surface area contributed by atoms with Gasteiger partial charge in [-0.05, 0) is 51.2 Å². The Hall–Kier alpha value is -2.15. The number of nitrogens with zero attached hydrogens (tertiary/aromatic N) is 2. The number of carbonyl (C=O) groups excluding carboxylic acids is 1. The lowest BCUT2D eigenvalue weighted by Crippen LogP contribution is -2.42. The summed E-state index contributed by atoms with van der Waals surface area (Å²) < 4.78 is 4.76.